The average molecular weight is 331 g/mol. The van der Waals surface area contributed by atoms with Crippen LogP contribution in [0.4, 0.5) is 0 Å². The summed E-state index contributed by atoms with van der Waals surface area (Å²) in [4.78, 5) is 17.4. The molecular formula is C22H21NO2. The molecule has 126 valence electrons. The first-order valence-electron chi connectivity index (χ1n) is 8.61. The van der Waals surface area contributed by atoms with Crippen molar-refractivity contribution in [2.75, 3.05) is 0 Å². The zero-order valence-electron chi connectivity index (χ0n) is 14.8. The Morgan fingerprint density at radius 3 is 2.84 bits per heavy atom. The number of ketones is 1. The maximum atomic E-state index is 13.0. The fraction of sp³-hybridized carbons (Fsp3) is 0.273. The molecular weight excluding hydrogens is 310 g/mol. The number of aromatic nitrogens is 1. The lowest BCUT2D eigenvalue weighted by Gasteiger charge is -2.23. The molecule has 25 heavy (non-hydrogen) atoms. The number of ether oxygens (including phenoxy) is 1. The molecule has 0 amide bonds. The Labute approximate surface area is 147 Å². The topological polar surface area (TPSA) is 39.2 Å². The van der Waals surface area contributed by atoms with Crippen LogP contribution in [0.3, 0.4) is 0 Å². The van der Waals surface area contributed by atoms with Gasteiger partial charge in [-0.3, -0.25) is 9.78 Å². The largest absolute Gasteiger partial charge is 0.486 e. The Morgan fingerprint density at radius 1 is 1.20 bits per heavy atom. The number of hydrogen-bond donors (Lipinski definition) is 0. The number of carbonyl (C=O) groups excluding carboxylic acids is 1. The van der Waals surface area contributed by atoms with Crippen molar-refractivity contribution in [2.45, 2.75) is 39.2 Å². The zero-order valence-corrected chi connectivity index (χ0v) is 14.8. The fourth-order valence-corrected chi connectivity index (χ4v) is 3.87. The molecule has 1 unspecified atom stereocenters. The number of hydrogen-bond acceptors (Lipinski definition) is 3. The maximum Gasteiger partial charge on any atom is 0.169 e. The molecule has 1 atom stereocenters. The van der Waals surface area contributed by atoms with E-state index in [0.717, 1.165) is 28.6 Å². The van der Waals surface area contributed by atoms with E-state index >= 15 is 0 Å². The van der Waals surface area contributed by atoms with Crippen LogP contribution < -0.4 is 4.74 Å². The first kappa shape index (κ1) is 15.8. The average Bonchev–Trinajstić information content (AvgIpc) is 2.90. The van der Waals surface area contributed by atoms with Crippen molar-refractivity contribution in [3.05, 3.63) is 70.9 Å². The van der Waals surface area contributed by atoms with Gasteiger partial charge in [-0.1, -0.05) is 35.9 Å². The fourth-order valence-electron chi connectivity index (χ4n) is 3.87. The van der Waals surface area contributed by atoms with Crippen LogP contribution in [0.15, 0.2) is 48.7 Å². The number of pyridine rings is 1. The van der Waals surface area contributed by atoms with Gasteiger partial charge < -0.3 is 4.74 Å². The van der Waals surface area contributed by atoms with Crippen molar-refractivity contribution >= 4 is 16.7 Å². The first-order valence-corrected chi connectivity index (χ1v) is 8.61. The van der Waals surface area contributed by atoms with Gasteiger partial charge in [0.05, 0.1) is 11.9 Å². The first-order chi connectivity index (χ1) is 12.0. The molecule has 0 bridgehead atoms. The summed E-state index contributed by atoms with van der Waals surface area (Å²) in [7, 11) is 0. The van der Waals surface area contributed by atoms with Crippen LogP contribution in [-0.4, -0.2) is 16.4 Å². The monoisotopic (exact) mass is 331 g/mol. The predicted molar refractivity (Wildman–Crippen MR) is 99.3 cm³/mol. The summed E-state index contributed by atoms with van der Waals surface area (Å²) < 4.78 is 6.24. The lowest BCUT2D eigenvalue weighted by atomic mass is 9.90. The van der Waals surface area contributed by atoms with E-state index in [0.29, 0.717) is 12.0 Å². The summed E-state index contributed by atoms with van der Waals surface area (Å²) in [5.41, 5.74) is 4.50. The molecule has 0 N–H and O–H groups in total. The number of para-hydroxylation sites is 1. The standard InChI is InChI=1S/C22H21NO2/c1-14-10-15(2)21-17(11-14)12-22(3,25-21)13-19(24)18-8-4-6-16-7-5-9-23-20(16)18/h4-11H,12-13H2,1-3H3. The van der Waals surface area contributed by atoms with Crippen LogP contribution in [0.25, 0.3) is 10.9 Å². The van der Waals surface area contributed by atoms with Gasteiger partial charge in [-0.2, -0.15) is 0 Å². The van der Waals surface area contributed by atoms with Crippen LogP contribution in [0.2, 0.25) is 0 Å². The van der Waals surface area contributed by atoms with Gasteiger partial charge in [-0.05, 0) is 44.0 Å². The molecule has 3 nitrogen and oxygen atoms in total. The molecule has 3 aromatic rings. The Bertz CT molecular complexity index is 987. The van der Waals surface area contributed by atoms with E-state index in [2.05, 4.69) is 31.0 Å². The summed E-state index contributed by atoms with van der Waals surface area (Å²) in [6.07, 6.45) is 2.83. The van der Waals surface area contributed by atoms with Gasteiger partial charge in [0.2, 0.25) is 0 Å². The van der Waals surface area contributed by atoms with E-state index in [9.17, 15) is 4.79 Å². The summed E-state index contributed by atoms with van der Waals surface area (Å²) in [5.74, 6) is 1.02. The van der Waals surface area contributed by atoms with E-state index in [1.54, 1.807) is 6.20 Å². The molecule has 0 saturated carbocycles. The number of aryl methyl sites for hydroxylation is 2. The van der Waals surface area contributed by atoms with Crippen LogP contribution in [0, 0.1) is 13.8 Å². The third-order valence-electron chi connectivity index (χ3n) is 4.88. The van der Waals surface area contributed by atoms with Crippen LogP contribution in [0.5, 0.6) is 5.75 Å². The van der Waals surface area contributed by atoms with Crippen LogP contribution in [0.1, 0.15) is 40.4 Å². The van der Waals surface area contributed by atoms with Gasteiger partial charge in [0.25, 0.3) is 0 Å². The zero-order chi connectivity index (χ0) is 17.6. The Balaban J connectivity index is 1.64. The van der Waals surface area contributed by atoms with E-state index in [-0.39, 0.29) is 5.78 Å². The highest BCUT2D eigenvalue weighted by Crippen LogP contribution is 2.40. The lowest BCUT2D eigenvalue weighted by molar-refractivity contribution is 0.0741. The third-order valence-corrected chi connectivity index (χ3v) is 4.88. The second-order valence-corrected chi connectivity index (χ2v) is 7.28. The molecule has 1 aliphatic rings. The Morgan fingerprint density at radius 2 is 2.00 bits per heavy atom. The smallest absolute Gasteiger partial charge is 0.169 e. The van der Waals surface area contributed by atoms with E-state index in [1.165, 1.54) is 11.1 Å². The number of rotatable bonds is 3. The molecule has 0 fully saturated rings. The molecule has 0 saturated heterocycles. The van der Waals surface area contributed by atoms with Crippen LogP contribution >= 0.6 is 0 Å². The third kappa shape index (κ3) is 2.80. The number of carbonyl (C=O) groups is 1. The second kappa shape index (κ2) is 5.69. The maximum absolute atomic E-state index is 13.0. The summed E-state index contributed by atoms with van der Waals surface area (Å²) in [5, 5.41) is 0.987. The molecule has 2 heterocycles. The number of nitrogens with zero attached hydrogens (tertiary/aromatic N) is 1. The molecule has 1 aliphatic heterocycles. The van der Waals surface area contributed by atoms with Gasteiger partial charge in [0, 0.05) is 23.6 Å². The van der Waals surface area contributed by atoms with Gasteiger partial charge in [0.15, 0.2) is 5.78 Å². The lowest BCUT2D eigenvalue weighted by Crippen LogP contribution is -2.33. The minimum absolute atomic E-state index is 0.0778. The molecule has 1 aromatic heterocycles. The minimum Gasteiger partial charge on any atom is -0.486 e. The highest BCUT2D eigenvalue weighted by Gasteiger charge is 2.38. The molecule has 3 heteroatoms. The van der Waals surface area contributed by atoms with Crippen molar-refractivity contribution < 1.29 is 9.53 Å². The highest BCUT2D eigenvalue weighted by atomic mass is 16.5. The summed E-state index contributed by atoms with van der Waals surface area (Å²) in [6.45, 7) is 6.18. The summed E-state index contributed by atoms with van der Waals surface area (Å²) >= 11 is 0. The van der Waals surface area contributed by atoms with E-state index < -0.39 is 5.60 Å². The van der Waals surface area contributed by atoms with Crippen molar-refractivity contribution in [3.63, 3.8) is 0 Å². The highest BCUT2D eigenvalue weighted by molar-refractivity contribution is 6.07. The molecule has 4 rings (SSSR count). The van der Waals surface area contributed by atoms with Crippen molar-refractivity contribution in [1.29, 1.82) is 0 Å². The predicted octanol–water partition coefficient (Wildman–Crippen LogP) is 4.82. The van der Waals surface area contributed by atoms with Crippen LogP contribution in [-0.2, 0) is 6.42 Å². The Hall–Kier alpha value is -2.68. The van der Waals surface area contributed by atoms with Gasteiger partial charge in [-0.25, -0.2) is 0 Å². The number of Topliss-reactive ketones (excluding diaryl/α,β-unsaturated/α-hetero) is 1. The van der Waals surface area contributed by atoms with E-state index in [1.807, 2.05) is 37.3 Å². The van der Waals surface area contributed by atoms with Crippen molar-refractivity contribution in [3.8, 4) is 5.75 Å². The normalized spacial score (nSPS) is 18.8. The molecule has 2 aromatic carbocycles. The molecule has 0 radical (unpaired) electrons. The van der Waals surface area contributed by atoms with Gasteiger partial charge >= 0.3 is 0 Å². The molecule has 0 spiro atoms. The van der Waals surface area contributed by atoms with Gasteiger partial charge in [0.1, 0.15) is 11.4 Å². The van der Waals surface area contributed by atoms with Crippen molar-refractivity contribution in [2.24, 2.45) is 0 Å². The summed E-state index contributed by atoms with van der Waals surface area (Å²) in [6, 6.07) is 13.9. The minimum atomic E-state index is -0.505. The van der Waals surface area contributed by atoms with Gasteiger partial charge in [-0.15, -0.1) is 0 Å². The van der Waals surface area contributed by atoms with Crippen molar-refractivity contribution in [1.82, 2.24) is 4.98 Å². The second-order valence-electron chi connectivity index (χ2n) is 7.28. The SMILES string of the molecule is Cc1cc(C)c2c(c1)CC(C)(CC(=O)c1cccc3cccnc13)O2. The van der Waals surface area contributed by atoms with E-state index in [4.69, 9.17) is 4.74 Å². The molecule has 0 aliphatic carbocycles. The Kier molecular flexibility index (Phi) is 3.60. The quantitative estimate of drug-likeness (QED) is 0.646. The number of benzene rings is 2. The number of fused-ring (bicyclic) bond motifs is 2.